The fourth-order valence-electron chi connectivity index (χ4n) is 1.20. The molecule has 0 radical (unpaired) electrons. The van der Waals surface area contributed by atoms with Gasteiger partial charge in [-0.2, -0.15) is 0 Å². The van der Waals surface area contributed by atoms with Gasteiger partial charge in [-0.05, 0) is 18.5 Å². The first-order valence-electron chi connectivity index (χ1n) is 5.61. The lowest BCUT2D eigenvalue weighted by Crippen LogP contribution is -2.07. The maximum atomic E-state index is 5.83. The first kappa shape index (κ1) is 13.4. The largest absolute Gasteiger partial charge is 0.359 e. The second-order valence-electron chi connectivity index (χ2n) is 3.92. The monoisotopic (exact) mass is 204 g/mol. The number of hydrogen-bond donors (Lipinski definition) is 0. The van der Waals surface area contributed by atoms with Crippen molar-refractivity contribution in [2.24, 2.45) is 0 Å². The van der Waals surface area contributed by atoms with Crippen molar-refractivity contribution in [1.82, 2.24) is 0 Å². The molecular weight excluding hydrogens is 179 g/mol. The molecule has 0 saturated heterocycles. The van der Waals surface area contributed by atoms with Gasteiger partial charge in [0.2, 0.25) is 0 Å². The Morgan fingerprint density at radius 1 is 1.15 bits per heavy atom. The van der Waals surface area contributed by atoms with Gasteiger partial charge in [-0.25, -0.2) is 0 Å². The van der Waals surface area contributed by atoms with E-state index in [0.717, 1.165) is 0 Å². The molecule has 80 valence electrons. The van der Waals surface area contributed by atoms with E-state index < -0.39 is 0 Å². The Hall–Kier alpha value is 0.390. The predicted molar refractivity (Wildman–Crippen MR) is 62.8 cm³/mol. The normalized spacial score (nSPS) is 14.5. The van der Waals surface area contributed by atoms with E-state index in [1.165, 1.54) is 32.1 Å². The molecule has 0 aromatic rings. The molecule has 0 aliphatic rings. The molecule has 0 N–H and O–H groups in total. The summed E-state index contributed by atoms with van der Waals surface area (Å²) in [7, 11) is 0.688. The maximum Gasteiger partial charge on any atom is 0.0611 e. The van der Waals surface area contributed by atoms with Gasteiger partial charge >= 0.3 is 0 Å². The SMILES string of the molecule is CCCCCC(CC)OPC(C)C. The smallest absolute Gasteiger partial charge is 0.0611 e. The zero-order valence-electron chi connectivity index (χ0n) is 9.60. The zero-order chi connectivity index (χ0) is 10.1. The zero-order valence-corrected chi connectivity index (χ0v) is 10.6. The van der Waals surface area contributed by atoms with Crippen LogP contribution in [0.5, 0.6) is 0 Å². The second kappa shape index (κ2) is 8.97. The second-order valence-corrected chi connectivity index (χ2v) is 5.54. The van der Waals surface area contributed by atoms with E-state index >= 15 is 0 Å². The summed E-state index contributed by atoms with van der Waals surface area (Å²) in [6.07, 6.45) is 6.94. The quantitative estimate of drug-likeness (QED) is 0.421. The van der Waals surface area contributed by atoms with E-state index in [1.54, 1.807) is 0 Å². The Kier molecular flexibility index (Phi) is 9.23. The molecule has 0 saturated carbocycles. The molecule has 2 unspecified atom stereocenters. The van der Waals surface area contributed by atoms with Crippen molar-refractivity contribution < 1.29 is 4.52 Å². The molecule has 0 fully saturated rings. The molecule has 0 amide bonds. The van der Waals surface area contributed by atoms with Crippen LogP contribution in [0.2, 0.25) is 0 Å². The summed E-state index contributed by atoms with van der Waals surface area (Å²) >= 11 is 0. The topological polar surface area (TPSA) is 9.23 Å². The molecule has 0 aromatic carbocycles. The molecule has 13 heavy (non-hydrogen) atoms. The Morgan fingerprint density at radius 2 is 1.85 bits per heavy atom. The summed E-state index contributed by atoms with van der Waals surface area (Å²) in [5, 5.41) is 0. The summed E-state index contributed by atoms with van der Waals surface area (Å²) < 4.78 is 5.83. The van der Waals surface area contributed by atoms with Crippen molar-refractivity contribution in [1.29, 1.82) is 0 Å². The van der Waals surface area contributed by atoms with Crippen LogP contribution in [0.4, 0.5) is 0 Å². The Labute approximate surface area is 85.5 Å². The van der Waals surface area contributed by atoms with Crippen LogP contribution in [0.25, 0.3) is 0 Å². The minimum atomic E-state index is 0.521. The number of rotatable bonds is 8. The van der Waals surface area contributed by atoms with E-state index in [0.29, 0.717) is 20.6 Å². The first-order valence-corrected chi connectivity index (χ1v) is 6.60. The van der Waals surface area contributed by atoms with Crippen LogP contribution in [-0.2, 0) is 4.52 Å². The molecule has 0 aliphatic heterocycles. The van der Waals surface area contributed by atoms with Crippen LogP contribution in [-0.4, -0.2) is 11.8 Å². The average molecular weight is 204 g/mol. The van der Waals surface area contributed by atoms with Gasteiger partial charge in [0, 0.05) is 8.81 Å². The van der Waals surface area contributed by atoms with Crippen LogP contribution in [0, 0.1) is 0 Å². The average Bonchev–Trinajstić information content (AvgIpc) is 2.10. The van der Waals surface area contributed by atoms with Gasteiger partial charge in [-0.15, -0.1) is 0 Å². The molecule has 0 aliphatic carbocycles. The van der Waals surface area contributed by atoms with Gasteiger partial charge in [0.05, 0.1) is 6.10 Å². The summed E-state index contributed by atoms with van der Waals surface area (Å²) in [6, 6.07) is 0. The fourth-order valence-corrected chi connectivity index (χ4v) is 1.95. The maximum absolute atomic E-state index is 5.83. The van der Waals surface area contributed by atoms with Crippen molar-refractivity contribution in [2.45, 2.75) is 71.6 Å². The van der Waals surface area contributed by atoms with E-state index in [-0.39, 0.29) is 0 Å². The van der Waals surface area contributed by atoms with Crippen molar-refractivity contribution in [3.63, 3.8) is 0 Å². The highest BCUT2D eigenvalue weighted by Gasteiger charge is 2.06. The fraction of sp³-hybridized carbons (Fsp3) is 1.00. The van der Waals surface area contributed by atoms with Crippen molar-refractivity contribution >= 4 is 8.81 Å². The van der Waals surface area contributed by atoms with Gasteiger partial charge in [0.1, 0.15) is 0 Å². The third-order valence-electron chi connectivity index (χ3n) is 2.06. The van der Waals surface area contributed by atoms with Gasteiger partial charge < -0.3 is 4.52 Å². The number of hydrogen-bond acceptors (Lipinski definition) is 1. The molecule has 2 atom stereocenters. The highest BCUT2D eigenvalue weighted by molar-refractivity contribution is 7.33. The third-order valence-corrected chi connectivity index (χ3v) is 3.00. The summed E-state index contributed by atoms with van der Waals surface area (Å²) in [6.45, 7) is 8.91. The molecular formula is C11H25OP. The Bertz CT molecular complexity index is 104. The van der Waals surface area contributed by atoms with Gasteiger partial charge in [-0.1, -0.05) is 47.0 Å². The van der Waals surface area contributed by atoms with Gasteiger partial charge in [0.25, 0.3) is 0 Å². The van der Waals surface area contributed by atoms with E-state index in [9.17, 15) is 0 Å². The van der Waals surface area contributed by atoms with E-state index in [1.807, 2.05) is 0 Å². The van der Waals surface area contributed by atoms with E-state index in [4.69, 9.17) is 4.52 Å². The lowest BCUT2D eigenvalue weighted by atomic mass is 10.1. The Morgan fingerprint density at radius 3 is 2.31 bits per heavy atom. The lowest BCUT2D eigenvalue weighted by molar-refractivity contribution is 0.209. The van der Waals surface area contributed by atoms with Gasteiger partial charge in [-0.3, -0.25) is 0 Å². The van der Waals surface area contributed by atoms with Crippen LogP contribution < -0.4 is 0 Å². The molecule has 0 aromatic heterocycles. The van der Waals surface area contributed by atoms with Crippen LogP contribution in [0.15, 0.2) is 0 Å². The molecule has 0 heterocycles. The van der Waals surface area contributed by atoms with Crippen molar-refractivity contribution in [3.8, 4) is 0 Å². The van der Waals surface area contributed by atoms with Crippen LogP contribution in [0.1, 0.15) is 59.8 Å². The highest BCUT2D eigenvalue weighted by atomic mass is 31.1. The number of unbranched alkanes of at least 4 members (excludes halogenated alkanes) is 2. The lowest BCUT2D eigenvalue weighted by Gasteiger charge is -2.16. The highest BCUT2D eigenvalue weighted by Crippen LogP contribution is 2.25. The van der Waals surface area contributed by atoms with Crippen LogP contribution in [0.3, 0.4) is 0 Å². The minimum absolute atomic E-state index is 0.521. The first-order chi connectivity index (χ1) is 6.20. The molecule has 0 bridgehead atoms. The van der Waals surface area contributed by atoms with Crippen molar-refractivity contribution in [3.05, 3.63) is 0 Å². The van der Waals surface area contributed by atoms with Crippen LogP contribution >= 0.6 is 8.81 Å². The summed E-state index contributed by atoms with van der Waals surface area (Å²) in [5.41, 5.74) is 0.695. The molecule has 0 rings (SSSR count). The van der Waals surface area contributed by atoms with E-state index in [2.05, 4.69) is 27.7 Å². The minimum Gasteiger partial charge on any atom is -0.359 e. The molecule has 1 nitrogen and oxygen atoms in total. The third kappa shape index (κ3) is 8.71. The Balaban J connectivity index is 3.39. The summed E-state index contributed by atoms with van der Waals surface area (Å²) in [4.78, 5) is 0. The van der Waals surface area contributed by atoms with Gasteiger partial charge in [0.15, 0.2) is 0 Å². The molecule has 0 spiro atoms. The predicted octanol–water partition coefficient (Wildman–Crippen LogP) is 4.36. The molecule has 2 heteroatoms. The summed E-state index contributed by atoms with van der Waals surface area (Å²) in [5.74, 6) is 0. The standard InChI is InChI=1S/C11H25OP/c1-5-7-8-9-11(6-2)12-13-10(3)4/h10-11,13H,5-9H2,1-4H3. The van der Waals surface area contributed by atoms with Crippen molar-refractivity contribution in [2.75, 3.05) is 0 Å².